The monoisotopic (exact) mass is 717 g/mol. The van der Waals surface area contributed by atoms with Crippen molar-refractivity contribution in [2.75, 3.05) is 24.2 Å². The summed E-state index contributed by atoms with van der Waals surface area (Å²) >= 11 is 7.98. The third kappa shape index (κ3) is 8.82. The molecule has 2 aromatic carbocycles. The molecule has 3 aromatic rings. The van der Waals surface area contributed by atoms with Gasteiger partial charge in [-0.05, 0) is 103 Å². The number of benzene rings is 2. The number of nitrogens with two attached hydrogens (primary N) is 1. The molecule has 1 saturated carbocycles. The van der Waals surface area contributed by atoms with Crippen LogP contribution < -0.4 is 15.8 Å². The van der Waals surface area contributed by atoms with Crippen LogP contribution in [0.3, 0.4) is 0 Å². The Morgan fingerprint density at radius 1 is 1.04 bits per heavy atom. The maximum atomic E-state index is 13.5. The van der Waals surface area contributed by atoms with Gasteiger partial charge in [-0.25, -0.2) is 18.0 Å². The van der Waals surface area contributed by atoms with Crippen LogP contribution in [0.1, 0.15) is 82.5 Å². The molecule has 48 heavy (non-hydrogen) atoms. The Labute approximate surface area is 291 Å². The Hall–Kier alpha value is -3.32. The smallest absolute Gasteiger partial charge is 0.352 e. The molecule has 0 bridgehead atoms. The first kappa shape index (κ1) is 36.0. The number of sulfonamides is 1. The van der Waals surface area contributed by atoms with Crippen LogP contribution in [0.25, 0.3) is 10.4 Å². The Morgan fingerprint density at radius 2 is 1.73 bits per heavy atom. The molecule has 1 unspecified atom stereocenters. The van der Waals surface area contributed by atoms with Crippen molar-refractivity contribution in [3.05, 3.63) is 64.0 Å². The molecular weight excluding hydrogens is 674 g/mol. The Bertz CT molecular complexity index is 1790. The highest BCUT2D eigenvalue weighted by molar-refractivity contribution is 7.88. The number of hydrogen-bond acceptors (Lipinski definition) is 10. The van der Waals surface area contributed by atoms with Gasteiger partial charge in [-0.2, -0.15) is 4.31 Å². The molecule has 1 spiro atoms. The van der Waals surface area contributed by atoms with Crippen LogP contribution in [0.2, 0.25) is 5.02 Å². The highest BCUT2D eigenvalue weighted by Crippen LogP contribution is 2.51. The second-order valence-corrected chi connectivity index (χ2v) is 17.8. The van der Waals surface area contributed by atoms with Gasteiger partial charge in [-0.3, -0.25) is 0 Å². The van der Waals surface area contributed by atoms with Crippen molar-refractivity contribution in [2.45, 2.75) is 95.8 Å². The highest BCUT2D eigenvalue weighted by Gasteiger charge is 2.55. The summed E-state index contributed by atoms with van der Waals surface area (Å²) in [7, 11) is -3.52. The van der Waals surface area contributed by atoms with Crippen molar-refractivity contribution in [3.8, 4) is 16.2 Å². The number of hydrogen-bond donors (Lipinski definition) is 2. The first-order chi connectivity index (χ1) is 22.3. The molecule has 5 rings (SSSR count). The minimum atomic E-state index is -3.52. The van der Waals surface area contributed by atoms with Crippen LogP contribution in [-0.4, -0.2) is 60.6 Å². The number of carbonyl (C=O) groups excluding carboxylic acids is 2. The molecule has 2 aliphatic rings. The van der Waals surface area contributed by atoms with E-state index in [1.165, 1.54) is 0 Å². The van der Waals surface area contributed by atoms with E-state index in [0.717, 1.165) is 35.4 Å². The number of nitrogens with zero attached hydrogens (tertiary/aromatic N) is 1. The fraction of sp³-hybridized carbons (Fsp3) is 0.486. The number of thiophene rings is 1. The number of halogens is 1. The number of esters is 2. The van der Waals surface area contributed by atoms with Crippen LogP contribution >= 0.6 is 22.9 Å². The third-order valence-corrected chi connectivity index (χ3v) is 11.6. The maximum absolute atomic E-state index is 13.5. The Morgan fingerprint density at radius 3 is 2.38 bits per heavy atom. The first-order valence-corrected chi connectivity index (χ1v) is 18.8. The number of nitrogen functional groups attached to an aromatic ring is 1. The van der Waals surface area contributed by atoms with Crippen LogP contribution in [0.4, 0.5) is 11.4 Å². The number of anilines is 2. The number of rotatable bonds is 10. The van der Waals surface area contributed by atoms with Crippen molar-refractivity contribution in [2.24, 2.45) is 0 Å². The van der Waals surface area contributed by atoms with E-state index in [2.05, 4.69) is 5.32 Å². The fourth-order valence-corrected chi connectivity index (χ4v) is 9.38. The summed E-state index contributed by atoms with van der Waals surface area (Å²) in [5.41, 5.74) is 6.85. The van der Waals surface area contributed by atoms with Crippen molar-refractivity contribution in [1.29, 1.82) is 0 Å². The maximum Gasteiger partial charge on any atom is 0.352 e. The predicted molar refractivity (Wildman–Crippen MR) is 190 cm³/mol. The molecule has 3 N–H and O–H groups in total. The van der Waals surface area contributed by atoms with Gasteiger partial charge in [0.25, 0.3) is 0 Å². The van der Waals surface area contributed by atoms with Crippen LogP contribution in [0, 0.1) is 0 Å². The lowest BCUT2D eigenvalue weighted by Gasteiger charge is -2.39. The molecule has 2 heterocycles. The molecule has 1 saturated heterocycles. The topological polar surface area (TPSA) is 137 Å². The number of nitrogens with one attached hydrogen (secondary N) is 1. The summed E-state index contributed by atoms with van der Waals surface area (Å²) in [6, 6.07) is 14.7. The second-order valence-electron chi connectivity index (χ2n) is 14.5. The largest absolute Gasteiger partial charge is 0.479 e. The third-order valence-electron chi connectivity index (χ3n) is 7.94. The van der Waals surface area contributed by atoms with E-state index in [9.17, 15) is 18.0 Å². The molecule has 1 atom stereocenters. The van der Waals surface area contributed by atoms with Crippen molar-refractivity contribution in [3.63, 3.8) is 0 Å². The minimum absolute atomic E-state index is 0.0606. The molecule has 0 radical (unpaired) electrons. The van der Waals surface area contributed by atoms with Gasteiger partial charge in [0.05, 0.1) is 10.6 Å². The van der Waals surface area contributed by atoms with Gasteiger partial charge in [-0.15, -0.1) is 11.3 Å². The average molecular weight is 718 g/mol. The summed E-state index contributed by atoms with van der Waals surface area (Å²) in [6.07, 6.45) is 2.99. The number of carbonyl (C=O) groups is 2. The average Bonchev–Trinajstić information content (AvgIpc) is 3.61. The van der Waals surface area contributed by atoms with Gasteiger partial charge in [0.15, 0.2) is 17.2 Å². The molecule has 10 nitrogen and oxygen atoms in total. The van der Waals surface area contributed by atoms with Gasteiger partial charge in [0.2, 0.25) is 10.0 Å². The quantitative estimate of drug-likeness (QED) is 0.164. The van der Waals surface area contributed by atoms with Crippen molar-refractivity contribution < 1.29 is 32.2 Å². The molecule has 1 aliphatic carbocycles. The van der Waals surface area contributed by atoms with E-state index < -0.39 is 39.8 Å². The van der Waals surface area contributed by atoms with E-state index in [4.69, 9.17) is 31.5 Å². The lowest BCUT2D eigenvalue weighted by molar-refractivity contribution is -0.157. The van der Waals surface area contributed by atoms with E-state index in [1.807, 2.05) is 24.3 Å². The lowest BCUT2D eigenvalue weighted by atomic mass is 9.97. The van der Waals surface area contributed by atoms with Crippen LogP contribution in [0.5, 0.6) is 5.75 Å². The Balaban J connectivity index is 1.33. The molecule has 2 fully saturated rings. The van der Waals surface area contributed by atoms with E-state index in [-0.39, 0.29) is 33.0 Å². The second kappa shape index (κ2) is 13.5. The van der Waals surface area contributed by atoms with E-state index in [1.54, 1.807) is 70.1 Å². The number of ether oxygens (including phenoxy) is 3. The van der Waals surface area contributed by atoms with Gasteiger partial charge in [0.1, 0.15) is 16.2 Å². The van der Waals surface area contributed by atoms with Crippen LogP contribution in [-0.2, 0) is 30.0 Å². The summed E-state index contributed by atoms with van der Waals surface area (Å²) in [6.45, 7) is 10.6. The normalized spacial score (nSPS) is 17.9. The molecule has 0 amide bonds. The standard InChI is InChI=1S/C35H44ClN3O7S2/c1-33(2,3)45-27(40)20-44-29-28(36)30(47-31(29)32(41)46-34(4,5)6)23-10-8-12-25(18-23)38-26-13-16-39(35(19-26)14-15-35)48(42,43)21-22-9-7-11-24(37)17-22/h7-12,17-18,26,38H,13-16,19-21,37H2,1-6H3. The Kier molecular flexibility index (Phi) is 10.1. The molecular formula is C35H44ClN3O7S2. The summed E-state index contributed by atoms with van der Waals surface area (Å²) in [5, 5.41) is 3.80. The van der Waals surface area contributed by atoms with Gasteiger partial charge < -0.3 is 25.3 Å². The van der Waals surface area contributed by atoms with E-state index in [0.29, 0.717) is 35.5 Å². The van der Waals surface area contributed by atoms with Crippen LogP contribution in [0.15, 0.2) is 48.5 Å². The zero-order valence-electron chi connectivity index (χ0n) is 28.2. The van der Waals surface area contributed by atoms with Gasteiger partial charge in [-0.1, -0.05) is 35.9 Å². The first-order valence-electron chi connectivity index (χ1n) is 16.0. The van der Waals surface area contributed by atoms with Gasteiger partial charge >= 0.3 is 11.9 Å². The predicted octanol–water partition coefficient (Wildman–Crippen LogP) is 7.27. The van der Waals surface area contributed by atoms with Crippen molar-refractivity contribution >= 4 is 56.3 Å². The minimum Gasteiger partial charge on any atom is -0.479 e. The highest BCUT2D eigenvalue weighted by atomic mass is 35.5. The zero-order chi connectivity index (χ0) is 35.1. The molecule has 1 aromatic heterocycles. The summed E-state index contributed by atoms with van der Waals surface area (Å²) in [4.78, 5) is 26.4. The zero-order valence-corrected chi connectivity index (χ0v) is 30.6. The SMILES string of the molecule is CC(C)(C)OC(=O)COc1c(C(=O)OC(C)(C)C)sc(-c2cccc(NC3CCN(S(=O)(=O)Cc4cccc(N)c4)C4(CC4)C3)c2)c1Cl. The molecule has 1 aliphatic heterocycles. The van der Waals surface area contributed by atoms with E-state index >= 15 is 0 Å². The molecule has 13 heteroatoms. The molecule has 260 valence electrons. The van der Waals surface area contributed by atoms with Crippen molar-refractivity contribution in [1.82, 2.24) is 4.31 Å². The number of piperidine rings is 1. The lowest BCUT2D eigenvalue weighted by Crippen LogP contribution is -2.51. The summed E-state index contributed by atoms with van der Waals surface area (Å²) < 4.78 is 45.5. The summed E-state index contributed by atoms with van der Waals surface area (Å²) in [5.74, 6) is -1.21. The van der Waals surface area contributed by atoms with Gasteiger partial charge in [0, 0.05) is 29.5 Å². The fourth-order valence-electron chi connectivity index (χ4n) is 5.96.